The number of nitrogens with zero attached hydrogens (tertiary/aromatic N) is 1. The van der Waals surface area contributed by atoms with Crippen LogP contribution in [0.15, 0.2) is 36.5 Å². The van der Waals surface area contributed by atoms with Crippen LogP contribution in [0.25, 0.3) is 0 Å². The molecule has 1 N–H and O–H groups in total. The molecule has 3 rings (SSSR count). The molecular formula is C18H23Cl3N2O2. The number of aromatic nitrogens is 1. The van der Waals surface area contributed by atoms with Crippen LogP contribution in [-0.2, 0) is 13.2 Å². The van der Waals surface area contributed by atoms with E-state index in [9.17, 15) is 0 Å². The molecule has 1 fully saturated rings. The maximum atomic E-state index is 5.88. The third-order valence-corrected chi connectivity index (χ3v) is 3.89. The van der Waals surface area contributed by atoms with E-state index in [-0.39, 0.29) is 24.8 Å². The molecule has 25 heavy (non-hydrogen) atoms. The van der Waals surface area contributed by atoms with Crippen LogP contribution in [-0.4, -0.2) is 17.6 Å². The first kappa shape index (κ1) is 21.8. The molecule has 138 valence electrons. The summed E-state index contributed by atoms with van der Waals surface area (Å²) in [6, 6.07) is 10.5. The topological polar surface area (TPSA) is 43.4 Å². The Bertz CT molecular complexity index is 649. The van der Waals surface area contributed by atoms with Crippen molar-refractivity contribution in [2.75, 3.05) is 6.61 Å². The van der Waals surface area contributed by atoms with Crippen LogP contribution in [0.4, 0.5) is 0 Å². The van der Waals surface area contributed by atoms with E-state index in [4.69, 9.17) is 21.1 Å². The minimum atomic E-state index is 0. The highest BCUT2D eigenvalue weighted by Crippen LogP contribution is 2.30. The fraction of sp³-hybridized carbons (Fsp3) is 0.389. The maximum Gasteiger partial charge on any atom is 0.161 e. The summed E-state index contributed by atoms with van der Waals surface area (Å²) in [5, 5.41) is 3.99. The molecular weight excluding hydrogens is 383 g/mol. The summed E-state index contributed by atoms with van der Waals surface area (Å²) >= 11 is 5.79. The molecule has 2 aromatic rings. The smallest absolute Gasteiger partial charge is 0.161 e. The van der Waals surface area contributed by atoms with Gasteiger partial charge in [0.2, 0.25) is 0 Å². The molecule has 1 aliphatic rings. The van der Waals surface area contributed by atoms with Gasteiger partial charge in [-0.05, 0) is 43.5 Å². The number of hydrogen-bond acceptors (Lipinski definition) is 4. The minimum absolute atomic E-state index is 0. The number of pyridine rings is 1. The van der Waals surface area contributed by atoms with E-state index < -0.39 is 0 Å². The lowest BCUT2D eigenvalue weighted by atomic mass is 10.2. The second-order valence-electron chi connectivity index (χ2n) is 5.65. The van der Waals surface area contributed by atoms with Crippen LogP contribution in [0.1, 0.15) is 30.9 Å². The van der Waals surface area contributed by atoms with Crippen molar-refractivity contribution < 1.29 is 9.47 Å². The second kappa shape index (κ2) is 10.7. The first-order valence-corrected chi connectivity index (χ1v) is 8.34. The lowest BCUT2D eigenvalue weighted by Gasteiger charge is -2.14. The Hall–Kier alpha value is -1.20. The second-order valence-corrected chi connectivity index (χ2v) is 6.03. The van der Waals surface area contributed by atoms with E-state index >= 15 is 0 Å². The zero-order valence-corrected chi connectivity index (χ0v) is 16.4. The average Bonchev–Trinajstić information content (AvgIpc) is 3.38. The Morgan fingerprint density at radius 2 is 1.84 bits per heavy atom. The van der Waals surface area contributed by atoms with Gasteiger partial charge in [-0.1, -0.05) is 23.7 Å². The van der Waals surface area contributed by atoms with Gasteiger partial charge in [0.25, 0.3) is 0 Å². The van der Waals surface area contributed by atoms with Crippen LogP contribution >= 0.6 is 36.4 Å². The maximum absolute atomic E-state index is 5.88. The van der Waals surface area contributed by atoms with Gasteiger partial charge in [0.05, 0.1) is 6.61 Å². The monoisotopic (exact) mass is 404 g/mol. The molecule has 1 aliphatic carbocycles. The molecule has 1 aromatic carbocycles. The summed E-state index contributed by atoms with van der Waals surface area (Å²) < 4.78 is 11.6. The van der Waals surface area contributed by atoms with Gasteiger partial charge < -0.3 is 14.8 Å². The Balaban J connectivity index is 0.00000156. The highest BCUT2D eigenvalue weighted by Gasteiger charge is 2.20. The van der Waals surface area contributed by atoms with E-state index in [1.807, 2.05) is 25.1 Å². The van der Waals surface area contributed by atoms with E-state index in [2.05, 4.69) is 16.4 Å². The fourth-order valence-corrected chi connectivity index (χ4v) is 2.36. The molecule has 0 unspecified atom stereocenters. The number of nitrogens with one attached hydrogen (secondary N) is 1. The van der Waals surface area contributed by atoms with E-state index in [1.165, 1.54) is 18.4 Å². The van der Waals surface area contributed by atoms with Gasteiger partial charge >= 0.3 is 0 Å². The van der Waals surface area contributed by atoms with Gasteiger partial charge in [-0.2, -0.15) is 0 Å². The van der Waals surface area contributed by atoms with Crippen molar-refractivity contribution >= 4 is 36.4 Å². The normalized spacial score (nSPS) is 12.7. The molecule has 7 heteroatoms. The van der Waals surface area contributed by atoms with Crippen molar-refractivity contribution in [3.63, 3.8) is 0 Å². The van der Waals surface area contributed by atoms with Crippen molar-refractivity contribution in [3.8, 4) is 11.5 Å². The van der Waals surface area contributed by atoms with Crippen molar-refractivity contribution in [3.05, 3.63) is 52.8 Å². The van der Waals surface area contributed by atoms with Gasteiger partial charge in [-0.3, -0.25) is 0 Å². The highest BCUT2D eigenvalue weighted by atomic mass is 35.5. The third kappa shape index (κ3) is 6.90. The summed E-state index contributed by atoms with van der Waals surface area (Å²) in [6.07, 6.45) is 4.29. The molecule has 0 radical (unpaired) electrons. The predicted octanol–water partition coefficient (Wildman–Crippen LogP) is 4.81. The molecule has 4 nitrogen and oxygen atoms in total. The van der Waals surface area contributed by atoms with E-state index in [0.717, 1.165) is 23.6 Å². The lowest BCUT2D eigenvalue weighted by molar-refractivity contribution is 0.269. The average molecular weight is 406 g/mol. The molecule has 0 aliphatic heterocycles. The molecule has 1 saturated carbocycles. The standard InChI is InChI=1S/C18H21ClN2O2.2ClH/c1-2-22-17-9-13(10-20-15-5-6-15)3-7-16(17)23-12-14-4-8-18(19)21-11-14;;/h3-4,7-9,11,15,20H,2,5-6,10,12H2,1H3;2*1H. The fourth-order valence-electron chi connectivity index (χ4n) is 2.25. The van der Waals surface area contributed by atoms with E-state index in [1.54, 1.807) is 12.3 Å². The summed E-state index contributed by atoms with van der Waals surface area (Å²) in [4.78, 5) is 4.06. The van der Waals surface area contributed by atoms with Crippen LogP contribution in [0.3, 0.4) is 0 Å². The molecule has 0 saturated heterocycles. The van der Waals surface area contributed by atoms with Gasteiger partial charge in [0.1, 0.15) is 11.8 Å². The highest BCUT2D eigenvalue weighted by molar-refractivity contribution is 6.29. The molecule has 0 amide bonds. The zero-order valence-electron chi connectivity index (χ0n) is 14.0. The lowest BCUT2D eigenvalue weighted by Crippen LogP contribution is -2.15. The Morgan fingerprint density at radius 1 is 1.08 bits per heavy atom. The third-order valence-electron chi connectivity index (χ3n) is 3.66. The Morgan fingerprint density at radius 3 is 2.48 bits per heavy atom. The van der Waals surface area contributed by atoms with Gasteiger partial charge in [-0.15, -0.1) is 24.8 Å². The van der Waals surface area contributed by atoms with Crippen LogP contribution in [0.2, 0.25) is 5.15 Å². The molecule has 0 atom stereocenters. The predicted molar refractivity (Wildman–Crippen MR) is 106 cm³/mol. The van der Waals surface area contributed by atoms with Crippen LogP contribution in [0.5, 0.6) is 11.5 Å². The first-order valence-electron chi connectivity index (χ1n) is 7.97. The van der Waals surface area contributed by atoms with Crippen molar-refractivity contribution in [1.82, 2.24) is 10.3 Å². The van der Waals surface area contributed by atoms with Crippen molar-refractivity contribution in [2.45, 2.75) is 39.0 Å². The summed E-state index contributed by atoms with van der Waals surface area (Å²) in [6.45, 7) is 3.89. The number of benzene rings is 1. The zero-order chi connectivity index (χ0) is 16.1. The Kier molecular flexibility index (Phi) is 9.36. The van der Waals surface area contributed by atoms with Gasteiger partial charge in [-0.25, -0.2) is 4.98 Å². The van der Waals surface area contributed by atoms with E-state index in [0.29, 0.717) is 24.4 Å². The molecule has 0 spiro atoms. The SMILES string of the molecule is CCOc1cc(CNC2CC2)ccc1OCc1ccc(Cl)nc1.Cl.Cl. The summed E-state index contributed by atoms with van der Waals surface area (Å²) in [5.41, 5.74) is 2.18. The number of halogens is 3. The quantitative estimate of drug-likeness (QED) is 0.640. The van der Waals surface area contributed by atoms with Gasteiger partial charge in [0, 0.05) is 24.3 Å². The van der Waals surface area contributed by atoms with Crippen molar-refractivity contribution in [2.24, 2.45) is 0 Å². The summed E-state index contributed by atoms with van der Waals surface area (Å²) in [7, 11) is 0. The largest absolute Gasteiger partial charge is 0.490 e. The molecule has 1 aromatic heterocycles. The number of rotatable bonds is 8. The van der Waals surface area contributed by atoms with Gasteiger partial charge in [0.15, 0.2) is 11.5 Å². The number of hydrogen-bond donors (Lipinski definition) is 1. The van der Waals surface area contributed by atoms with Crippen LogP contribution < -0.4 is 14.8 Å². The molecule has 1 heterocycles. The minimum Gasteiger partial charge on any atom is -0.490 e. The summed E-state index contributed by atoms with van der Waals surface area (Å²) in [5.74, 6) is 1.53. The number of ether oxygens (including phenoxy) is 2. The molecule has 0 bridgehead atoms. The first-order chi connectivity index (χ1) is 11.2. The Labute approximate surface area is 166 Å². The van der Waals surface area contributed by atoms with Crippen molar-refractivity contribution in [1.29, 1.82) is 0 Å². The van der Waals surface area contributed by atoms with Crippen LogP contribution in [0, 0.1) is 0 Å².